The topological polar surface area (TPSA) is 68.0 Å². The summed E-state index contributed by atoms with van der Waals surface area (Å²) in [5.74, 6) is -1.02. The lowest BCUT2D eigenvalue weighted by Crippen LogP contribution is -2.09. The average molecular weight is 217 g/mol. The Kier molecular flexibility index (Phi) is 2.44. The van der Waals surface area contributed by atoms with E-state index in [1.165, 1.54) is 4.68 Å². The zero-order valence-corrected chi connectivity index (χ0v) is 9.01. The van der Waals surface area contributed by atoms with Crippen molar-refractivity contribution >= 4 is 5.97 Å². The molecule has 1 N–H and O–H groups in total. The average Bonchev–Trinajstić information content (AvgIpc) is 2.61. The van der Waals surface area contributed by atoms with Gasteiger partial charge in [0.05, 0.1) is 11.4 Å². The first-order valence-corrected chi connectivity index (χ1v) is 4.82. The fourth-order valence-electron chi connectivity index (χ4n) is 1.47. The van der Waals surface area contributed by atoms with E-state index in [1.54, 1.807) is 6.92 Å². The van der Waals surface area contributed by atoms with Crippen molar-refractivity contribution in [2.75, 3.05) is 0 Å². The molecule has 1 aromatic carbocycles. The van der Waals surface area contributed by atoms with Crippen LogP contribution in [-0.2, 0) is 0 Å². The second kappa shape index (κ2) is 3.77. The van der Waals surface area contributed by atoms with Gasteiger partial charge in [-0.15, -0.1) is 5.10 Å². The van der Waals surface area contributed by atoms with E-state index in [0.29, 0.717) is 11.4 Å². The largest absolute Gasteiger partial charge is 0.476 e. The molecule has 16 heavy (non-hydrogen) atoms. The maximum atomic E-state index is 11.0. The molecular weight excluding hydrogens is 206 g/mol. The molecule has 0 bridgehead atoms. The Labute approximate surface area is 92.3 Å². The van der Waals surface area contributed by atoms with E-state index in [-0.39, 0.29) is 5.69 Å². The molecule has 2 aromatic rings. The van der Waals surface area contributed by atoms with Crippen molar-refractivity contribution in [3.05, 3.63) is 41.2 Å². The quantitative estimate of drug-likeness (QED) is 0.829. The number of nitrogens with zero attached hydrogens (tertiary/aromatic N) is 3. The first kappa shape index (κ1) is 10.4. The van der Waals surface area contributed by atoms with Crippen LogP contribution in [-0.4, -0.2) is 26.1 Å². The number of benzene rings is 1. The van der Waals surface area contributed by atoms with Crippen molar-refractivity contribution in [2.24, 2.45) is 0 Å². The summed E-state index contributed by atoms with van der Waals surface area (Å²) >= 11 is 0. The Hall–Kier alpha value is -2.17. The lowest BCUT2D eigenvalue weighted by Gasteiger charge is -2.03. The molecule has 0 aliphatic rings. The Balaban J connectivity index is 2.56. The van der Waals surface area contributed by atoms with Crippen LogP contribution in [0.5, 0.6) is 0 Å². The highest BCUT2D eigenvalue weighted by atomic mass is 16.4. The van der Waals surface area contributed by atoms with E-state index >= 15 is 0 Å². The van der Waals surface area contributed by atoms with Crippen LogP contribution in [0.15, 0.2) is 24.3 Å². The molecule has 0 aliphatic carbocycles. The predicted molar refractivity (Wildman–Crippen MR) is 57.8 cm³/mol. The Bertz CT molecular complexity index is 529. The van der Waals surface area contributed by atoms with Gasteiger partial charge in [0.2, 0.25) is 0 Å². The van der Waals surface area contributed by atoms with Gasteiger partial charge in [0, 0.05) is 0 Å². The monoisotopic (exact) mass is 217 g/mol. The number of hydrogen-bond donors (Lipinski definition) is 1. The van der Waals surface area contributed by atoms with E-state index in [2.05, 4.69) is 10.3 Å². The molecule has 0 spiro atoms. The molecule has 1 aromatic heterocycles. The van der Waals surface area contributed by atoms with Gasteiger partial charge in [0.25, 0.3) is 0 Å². The van der Waals surface area contributed by atoms with Gasteiger partial charge < -0.3 is 5.11 Å². The lowest BCUT2D eigenvalue weighted by atomic mass is 10.2. The summed E-state index contributed by atoms with van der Waals surface area (Å²) in [5, 5.41) is 16.6. The molecular formula is C11H11N3O2. The highest BCUT2D eigenvalue weighted by Gasteiger charge is 2.17. The van der Waals surface area contributed by atoms with Crippen LogP contribution in [0.25, 0.3) is 5.69 Å². The highest BCUT2D eigenvalue weighted by Crippen LogP contribution is 2.13. The number of aryl methyl sites for hydroxylation is 2. The molecule has 0 unspecified atom stereocenters. The van der Waals surface area contributed by atoms with Crippen molar-refractivity contribution in [3.8, 4) is 5.69 Å². The first-order valence-electron chi connectivity index (χ1n) is 4.82. The van der Waals surface area contributed by atoms with E-state index in [1.807, 2.05) is 31.2 Å². The number of aromatic carboxylic acids is 1. The van der Waals surface area contributed by atoms with Crippen molar-refractivity contribution in [2.45, 2.75) is 13.8 Å². The van der Waals surface area contributed by atoms with Gasteiger partial charge in [-0.05, 0) is 26.0 Å². The minimum atomic E-state index is -1.02. The molecule has 1 heterocycles. The molecule has 0 aliphatic heterocycles. The van der Waals surface area contributed by atoms with Crippen LogP contribution in [0.1, 0.15) is 21.7 Å². The zero-order valence-electron chi connectivity index (χ0n) is 9.01. The number of aromatic nitrogens is 3. The predicted octanol–water partition coefficient (Wildman–Crippen LogP) is 1.58. The van der Waals surface area contributed by atoms with Crippen LogP contribution in [0.2, 0.25) is 0 Å². The number of carboxylic acids is 1. The molecule has 0 radical (unpaired) electrons. The summed E-state index contributed by atoms with van der Waals surface area (Å²) in [6.07, 6.45) is 0. The van der Waals surface area contributed by atoms with Gasteiger partial charge in [-0.1, -0.05) is 22.9 Å². The molecule has 0 fully saturated rings. The molecule has 5 nitrogen and oxygen atoms in total. The third-order valence-corrected chi connectivity index (χ3v) is 2.32. The molecule has 0 amide bonds. The smallest absolute Gasteiger partial charge is 0.356 e. The molecule has 0 saturated carbocycles. The Morgan fingerprint density at radius 2 is 1.88 bits per heavy atom. The molecule has 82 valence electrons. The summed E-state index contributed by atoms with van der Waals surface area (Å²) in [7, 11) is 0. The normalized spacial score (nSPS) is 10.4. The van der Waals surface area contributed by atoms with E-state index in [9.17, 15) is 4.79 Å². The third kappa shape index (κ3) is 1.67. The Morgan fingerprint density at radius 3 is 2.44 bits per heavy atom. The number of carbonyl (C=O) groups is 1. The van der Waals surface area contributed by atoms with Crippen LogP contribution in [0, 0.1) is 13.8 Å². The van der Waals surface area contributed by atoms with Gasteiger partial charge in [0.1, 0.15) is 0 Å². The number of rotatable bonds is 2. The SMILES string of the molecule is Cc1ccc(-n2nnc(C)c2C(=O)O)cc1. The second-order valence-corrected chi connectivity index (χ2v) is 3.58. The summed E-state index contributed by atoms with van der Waals surface area (Å²) in [6, 6.07) is 7.43. The van der Waals surface area contributed by atoms with Crippen LogP contribution >= 0.6 is 0 Å². The van der Waals surface area contributed by atoms with Gasteiger partial charge in [-0.2, -0.15) is 0 Å². The maximum Gasteiger partial charge on any atom is 0.356 e. The van der Waals surface area contributed by atoms with E-state index in [0.717, 1.165) is 5.56 Å². The minimum absolute atomic E-state index is 0.101. The third-order valence-electron chi connectivity index (χ3n) is 2.32. The van der Waals surface area contributed by atoms with Crippen molar-refractivity contribution in [3.63, 3.8) is 0 Å². The fraction of sp³-hybridized carbons (Fsp3) is 0.182. The van der Waals surface area contributed by atoms with E-state index < -0.39 is 5.97 Å². The van der Waals surface area contributed by atoms with Crippen LogP contribution < -0.4 is 0 Å². The Morgan fingerprint density at radius 1 is 1.25 bits per heavy atom. The van der Waals surface area contributed by atoms with Gasteiger partial charge in [-0.25, -0.2) is 9.48 Å². The fourth-order valence-corrected chi connectivity index (χ4v) is 1.47. The highest BCUT2D eigenvalue weighted by molar-refractivity contribution is 5.87. The van der Waals surface area contributed by atoms with Crippen molar-refractivity contribution in [1.82, 2.24) is 15.0 Å². The molecule has 0 atom stereocenters. The summed E-state index contributed by atoms with van der Waals surface area (Å²) in [5.41, 5.74) is 2.32. The number of hydrogen-bond acceptors (Lipinski definition) is 3. The van der Waals surface area contributed by atoms with Gasteiger partial charge in [0.15, 0.2) is 5.69 Å². The summed E-state index contributed by atoms with van der Waals surface area (Å²) < 4.78 is 1.33. The molecule has 0 saturated heterocycles. The minimum Gasteiger partial charge on any atom is -0.476 e. The molecule has 5 heteroatoms. The van der Waals surface area contributed by atoms with Gasteiger partial charge in [-0.3, -0.25) is 0 Å². The summed E-state index contributed by atoms with van der Waals surface area (Å²) in [4.78, 5) is 11.0. The molecule has 2 rings (SSSR count). The number of carboxylic acid groups (broad SMARTS) is 1. The summed E-state index contributed by atoms with van der Waals surface area (Å²) in [6.45, 7) is 3.59. The first-order chi connectivity index (χ1) is 7.59. The maximum absolute atomic E-state index is 11.0. The van der Waals surface area contributed by atoms with Gasteiger partial charge >= 0.3 is 5.97 Å². The standard InChI is InChI=1S/C11H11N3O2/c1-7-3-5-9(6-4-7)14-10(11(15)16)8(2)12-13-14/h3-6H,1-2H3,(H,15,16). The second-order valence-electron chi connectivity index (χ2n) is 3.58. The lowest BCUT2D eigenvalue weighted by molar-refractivity contribution is 0.0686. The van der Waals surface area contributed by atoms with Crippen LogP contribution in [0.4, 0.5) is 0 Å². The van der Waals surface area contributed by atoms with Crippen LogP contribution in [0.3, 0.4) is 0 Å². The van der Waals surface area contributed by atoms with E-state index in [4.69, 9.17) is 5.11 Å². The van der Waals surface area contributed by atoms with Crippen molar-refractivity contribution < 1.29 is 9.90 Å². The van der Waals surface area contributed by atoms with Crippen molar-refractivity contribution in [1.29, 1.82) is 0 Å². The zero-order chi connectivity index (χ0) is 11.7.